The molecule has 1 aliphatic rings. The van der Waals surface area contributed by atoms with Gasteiger partial charge >= 0.3 is 21.8 Å². The Morgan fingerprint density at radius 3 is 2.28 bits per heavy atom. The molecule has 4 aromatic heterocycles. The summed E-state index contributed by atoms with van der Waals surface area (Å²) in [5.41, 5.74) is -5.03. The van der Waals surface area contributed by atoms with Gasteiger partial charge in [0, 0.05) is 29.9 Å². The van der Waals surface area contributed by atoms with E-state index in [1.54, 1.807) is 26.0 Å². The lowest BCUT2D eigenvalue weighted by Gasteiger charge is -2.12. The molecule has 1 fully saturated rings. The molecule has 0 radical (unpaired) electrons. The van der Waals surface area contributed by atoms with E-state index < -0.39 is 33.4 Å². The molecule has 5 aromatic rings. The number of imidazole rings is 1. The summed E-state index contributed by atoms with van der Waals surface area (Å²) in [6, 6.07) is 5.84. The van der Waals surface area contributed by atoms with Gasteiger partial charge in [-0.1, -0.05) is 24.3 Å². The van der Waals surface area contributed by atoms with Crippen molar-refractivity contribution < 1.29 is 43.7 Å². The Labute approximate surface area is 262 Å². The topological polar surface area (TPSA) is 140 Å². The molecule has 4 heterocycles. The zero-order chi connectivity index (χ0) is 33.9. The molecule has 1 aliphatic carbocycles. The van der Waals surface area contributed by atoms with Crippen molar-refractivity contribution in [1.82, 2.24) is 39.3 Å². The maximum Gasteiger partial charge on any atom is 0.534 e. The molecular weight excluding hydrogens is 658 g/mol. The van der Waals surface area contributed by atoms with E-state index in [4.69, 9.17) is 4.74 Å². The SMILES string of the molecule is COc1ncnc(C2CC2)c1-c1ncc2c(OS(=O)(=O)C(F)(F)F)nn(Cc3ccc(-c4nc(C(F)(F)F)cn4C(C)C)cc3)c2n1. The zero-order valence-corrected chi connectivity index (χ0v) is 25.5. The molecule has 0 N–H and O–H groups in total. The van der Waals surface area contributed by atoms with E-state index in [0.29, 0.717) is 22.4 Å². The van der Waals surface area contributed by atoms with Crippen LogP contribution in [0.5, 0.6) is 11.8 Å². The molecule has 6 rings (SSSR count). The Morgan fingerprint density at radius 2 is 1.68 bits per heavy atom. The van der Waals surface area contributed by atoms with Crippen LogP contribution in [0.25, 0.3) is 33.8 Å². The van der Waals surface area contributed by atoms with Crippen LogP contribution in [0.15, 0.2) is 43.0 Å². The summed E-state index contributed by atoms with van der Waals surface area (Å²) in [6.45, 7) is 3.26. The Kier molecular flexibility index (Phi) is 7.84. The fourth-order valence-corrected chi connectivity index (χ4v) is 5.28. The molecule has 0 unspecified atom stereocenters. The van der Waals surface area contributed by atoms with Crippen LogP contribution in [0.4, 0.5) is 26.3 Å². The van der Waals surface area contributed by atoms with Crippen molar-refractivity contribution in [3.05, 3.63) is 59.9 Å². The number of hydrogen-bond donors (Lipinski definition) is 0. The molecule has 12 nitrogen and oxygen atoms in total. The number of ether oxygens (including phenoxy) is 1. The Morgan fingerprint density at radius 1 is 0.979 bits per heavy atom. The molecule has 1 saturated carbocycles. The first-order valence-electron chi connectivity index (χ1n) is 14.0. The first kappa shape index (κ1) is 32.1. The van der Waals surface area contributed by atoms with E-state index in [-0.39, 0.29) is 47.1 Å². The minimum Gasteiger partial charge on any atom is -0.480 e. The molecule has 19 heteroatoms. The predicted molar refractivity (Wildman–Crippen MR) is 153 cm³/mol. The molecule has 0 saturated heterocycles. The maximum absolute atomic E-state index is 13.4. The van der Waals surface area contributed by atoms with E-state index in [1.807, 2.05) is 0 Å². The molecule has 0 amide bonds. The summed E-state index contributed by atoms with van der Waals surface area (Å²) in [5, 5.41) is 3.75. The first-order chi connectivity index (χ1) is 22.1. The smallest absolute Gasteiger partial charge is 0.480 e. The minimum absolute atomic E-state index is 0.0552. The van der Waals surface area contributed by atoms with Crippen LogP contribution in [0, 0.1) is 0 Å². The van der Waals surface area contributed by atoms with Gasteiger partial charge in [-0.3, -0.25) is 0 Å². The largest absolute Gasteiger partial charge is 0.534 e. The summed E-state index contributed by atoms with van der Waals surface area (Å²) in [5.74, 6) is -0.511. The zero-order valence-electron chi connectivity index (χ0n) is 24.7. The molecule has 0 aliphatic heterocycles. The highest BCUT2D eigenvalue weighted by molar-refractivity contribution is 7.88. The number of hydrogen-bond acceptors (Lipinski definition) is 10. The van der Waals surface area contributed by atoms with Crippen molar-refractivity contribution in [3.8, 4) is 34.5 Å². The van der Waals surface area contributed by atoms with Crippen molar-refractivity contribution in [2.24, 2.45) is 0 Å². The third-order valence-corrected chi connectivity index (χ3v) is 8.22. The van der Waals surface area contributed by atoms with Gasteiger partial charge in [-0.25, -0.2) is 29.6 Å². The fraction of sp³-hybridized carbons (Fsp3) is 0.357. The van der Waals surface area contributed by atoms with E-state index in [2.05, 4.69) is 34.2 Å². The lowest BCUT2D eigenvalue weighted by Crippen LogP contribution is -2.28. The van der Waals surface area contributed by atoms with Crippen molar-refractivity contribution in [3.63, 3.8) is 0 Å². The summed E-state index contributed by atoms with van der Waals surface area (Å²) < 4.78 is 116. The number of halogens is 6. The van der Waals surface area contributed by atoms with Gasteiger partial charge in [0.05, 0.1) is 19.3 Å². The lowest BCUT2D eigenvalue weighted by atomic mass is 10.1. The summed E-state index contributed by atoms with van der Waals surface area (Å²) >= 11 is 0. The van der Waals surface area contributed by atoms with Crippen molar-refractivity contribution in [2.75, 3.05) is 7.11 Å². The molecule has 0 bridgehead atoms. The van der Waals surface area contributed by atoms with Crippen LogP contribution < -0.4 is 8.92 Å². The van der Waals surface area contributed by atoms with Gasteiger partial charge in [0.15, 0.2) is 17.2 Å². The summed E-state index contributed by atoms with van der Waals surface area (Å²) in [6.07, 6.45) is 0.397. The fourth-order valence-electron chi connectivity index (χ4n) is 4.86. The van der Waals surface area contributed by atoms with Gasteiger partial charge in [0.25, 0.3) is 5.88 Å². The second-order valence-corrected chi connectivity index (χ2v) is 12.5. The second kappa shape index (κ2) is 11.5. The van der Waals surface area contributed by atoms with Gasteiger partial charge in [-0.2, -0.15) is 34.8 Å². The van der Waals surface area contributed by atoms with Gasteiger partial charge in [0.2, 0.25) is 5.88 Å². The number of aromatic nitrogens is 8. The van der Waals surface area contributed by atoms with Crippen LogP contribution in [-0.4, -0.2) is 60.3 Å². The van der Waals surface area contributed by atoms with Gasteiger partial charge in [-0.15, -0.1) is 5.10 Å². The molecule has 248 valence electrons. The van der Waals surface area contributed by atoms with Crippen LogP contribution in [0.2, 0.25) is 0 Å². The number of methoxy groups -OCH3 is 1. The Balaban J connectivity index is 1.42. The van der Waals surface area contributed by atoms with Crippen molar-refractivity contribution >= 4 is 21.2 Å². The van der Waals surface area contributed by atoms with Gasteiger partial charge in [0.1, 0.15) is 23.1 Å². The maximum atomic E-state index is 13.4. The molecular formula is C28H24F6N8O4S. The minimum atomic E-state index is -6.10. The summed E-state index contributed by atoms with van der Waals surface area (Å²) in [4.78, 5) is 21.0. The lowest BCUT2D eigenvalue weighted by molar-refractivity contribution is -0.140. The number of fused-ring (bicyclic) bond motifs is 1. The monoisotopic (exact) mass is 682 g/mol. The van der Waals surface area contributed by atoms with E-state index in [1.165, 1.54) is 30.1 Å². The van der Waals surface area contributed by atoms with Crippen LogP contribution in [0.3, 0.4) is 0 Å². The third-order valence-electron chi connectivity index (χ3n) is 7.27. The normalized spacial score (nSPS) is 14.3. The van der Waals surface area contributed by atoms with Crippen LogP contribution in [0.1, 0.15) is 55.6 Å². The number of nitrogens with zero attached hydrogens (tertiary/aromatic N) is 8. The quantitative estimate of drug-likeness (QED) is 0.105. The highest BCUT2D eigenvalue weighted by Crippen LogP contribution is 2.45. The molecule has 0 spiro atoms. The molecule has 1 aromatic carbocycles. The third kappa shape index (κ3) is 6.18. The molecule has 0 atom stereocenters. The first-order valence-corrected chi connectivity index (χ1v) is 15.4. The van der Waals surface area contributed by atoms with Gasteiger partial charge in [-0.05, 0) is 32.3 Å². The second-order valence-electron chi connectivity index (χ2n) is 10.9. The van der Waals surface area contributed by atoms with Crippen molar-refractivity contribution in [1.29, 1.82) is 0 Å². The Hall–Kier alpha value is -4.81. The number of benzene rings is 1. The van der Waals surface area contributed by atoms with E-state index in [0.717, 1.165) is 29.9 Å². The van der Waals surface area contributed by atoms with Crippen LogP contribution >= 0.6 is 0 Å². The number of rotatable bonds is 9. The van der Waals surface area contributed by atoms with Crippen LogP contribution in [-0.2, 0) is 22.8 Å². The van der Waals surface area contributed by atoms with Gasteiger partial charge < -0.3 is 13.5 Å². The number of alkyl halides is 6. The summed E-state index contributed by atoms with van der Waals surface area (Å²) in [7, 11) is -4.71. The molecule has 47 heavy (non-hydrogen) atoms. The average molecular weight is 683 g/mol. The van der Waals surface area contributed by atoms with E-state index in [9.17, 15) is 34.8 Å². The predicted octanol–water partition coefficient (Wildman–Crippen LogP) is 5.91. The standard InChI is InChI=1S/C28H24F6N8O4S/c1-14(2)41-12-19(27(29,30)31)38-23(41)17-6-4-15(5-7-17)11-42-24-18(25(40-42)46-47(43,44)28(32,33)34)10-35-22(39-24)20-21(16-8-9-16)36-13-37-26(20)45-3/h4-7,10,12-14,16H,8-9,11H2,1-3H3. The highest BCUT2D eigenvalue weighted by Gasteiger charge is 2.49. The average Bonchev–Trinajstić information content (AvgIpc) is 3.66. The highest BCUT2D eigenvalue weighted by atomic mass is 32.2. The Bertz CT molecular complexity index is 2070. The van der Waals surface area contributed by atoms with E-state index >= 15 is 0 Å². The van der Waals surface area contributed by atoms with Crippen molar-refractivity contribution in [2.45, 2.75) is 56.9 Å².